The average Bonchev–Trinajstić information content (AvgIpc) is 3.10. The number of piperidine rings is 1. The molecule has 0 bridgehead atoms. The monoisotopic (exact) mass is 362 g/mol. The number of halogens is 1. The summed E-state index contributed by atoms with van der Waals surface area (Å²) < 4.78 is 18.1. The van der Waals surface area contributed by atoms with Crippen LogP contribution in [-0.2, 0) is 9.53 Å². The highest BCUT2D eigenvalue weighted by Crippen LogP contribution is 2.24. The van der Waals surface area contributed by atoms with Gasteiger partial charge < -0.3 is 9.64 Å². The van der Waals surface area contributed by atoms with Gasteiger partial charge in [0, 0.05) is 24.0 Å². The predicted molar refractivity (Wildman–Crippen MR) is 92.8 cm³/mol. The van der Waals surface area contributed by atoms with Crippen molar-refractivity contribution in [3.63, 3.8) is 0 Å². The van der Waals surface area contributed by atoms with Crippen LogP contribution in [0.5, 0.6) is 0 Å². The minimum Gasteiger partial charge on any atom is -0.451 e. The molecule has 0 saturated carbocycles. The third-order valence-corrected chi connectivity index (χ3v) is 5.03. The first kappa shape index (κ1) is 17.5. The molecule has 0 unspecified atom stereocenters. The molecule has 1 atom stereocenters. The van der Waals surface area contributed by atoms with Crippen LogP contribution in [0, 0.1) is 11.7 Å². The molecule has 1 aromatic carbocycles. The lowest BCUT2D eigenvalue weighted by Crippen LogP contribution is -2.41. The Hall–Kier alpha value is -2.28. The number of esters is 1. The van der Waals surface area contributed by atoms with Crippen molar-refractivity contribution in [2.24, 2.45) is 5.92 Å². The number of benzene rings is 1. The van der Waals surface area contributed by atoms with Gasteiger partial charge in [-0.05, 0) is 43.0 Å². The third-order valence-electron chi connectivity index (χ3n) is 4.14. The molecule has 0 spiro atoms. The van der Waals surface area contributed by atoms with Crippen molar-refractivity contribution in [3.05, 3.63) is 41.2 Å². The second-order valence-corrected chi connectivity index (χ2v) is 7.07. The third kappa shape index (κ3) is 4.42. The molecule has 132 valence electrons. The number of nitrogens with zero attached hydrogens (tertiary/aromatic N) is 2. The summed E-state index contributed by atoms with van der Waals surface area (Å²) in [5.41, 5.74) is 0.882. The predicted octanol–water partition coefficient (Wildman–Crippen LogP) is 3.36. The molecule has 3 rings (SSSR count). The second-order valence-electron chi connectivity index (χ2n) is 6.21. The highest BCUT2D eigenvalue weighted by Gasteiger charge is 2.22. The van der Waals surface area contributed by atoms with E-state index >= 15 is 0 Å². The maximum Gasteiger partial charge on any atom is 0.358 e. The Morgan fingerprint density at radius 3 is 2.84 bits per heavy atom. The Labute approximate surface area is 149 Å². The number of aromatic nitrogens is 1. The number of amides is 1. The molecule has 5 nitrogen and oxygen atoms in total. The van der Waals surface area contributed by atoms with Crippen molar-refractivity contribution in [2.75, 3.05) is 19.7 Å². The van der Waals surface area contributed by atoms with Crippen LogP contribution in [0.3, 0.4) is 0 Å². The smallest absolute Gasteiger partial charge is 0.358 e. The molecule has 2 heterocycles. The summed E-state index contributed by atoms with van der Waals surface area (Å²) in [6.07, 6.45) is 2.10. The van der Waals surface area contributed by atoms with Gasteiger partial charge in [-0.25, -0.2) is 14.2 Å². The Morgan fingerprint density at radius 2 is 2.12 bits per heavy atom. The fourth-order valence-electron chi connectivity index (χ4n) is 2.80. The topological polar surface area (TPSA) is 59.5 Å². The molecule has 25 heavy (non-hydrogen) atoms. The zero-order valence-electron chi connectivity index (χ0n) is 13.9. The molecule has 0 radical (unpaired) electrons. The van der Waals surface area contributed by atoms with Gasteiger partial charge in [-0.3, -0.25) is 4.79 Å². The summed E-state index contributed by atoms with van der Waals surface area (Å²) in [6.45, 7) is 3.26. The lowest BCUT2D eigenvalue weighted by Gasteiger charge is -2.30. The van der Waals surface area contributed by atoms with E-state index in [2.05, 4.69) is 11.9 Å². The molecule has 1 saturated heterocycles. The fraction of sp³-hybridized carbons (Fsp3) is 0.389. The van der Waals surface area contributed by atoms with Crippen molar-refractivity contribution in [3.8, 4) is 10.6 Å². The number of carbonyl (C=O) groups is 2. The van der Waals surface area contributed by atoms with Crippen molar-refractivity contribution in [1.29, 1.82) is 0 Å². The van der Waals surface area contributed by atoms with E-state index in [0.29, 0.717) is 24.0 Å². The molecule has 0 aliphatic carbocycles. The van der Waals surface area contributed by atoms with Gasteiger partial charge in [-0.2, -0.15) is 0 Å². The fourth-order valence-corrected chi connectivity index (χ4v) is 3.60. The normalized spacial score (nSPS) is 17.4. The van der Waals surface area contributed by atoms with Crippen molar-refractivity contribution >= 4 is 23.2 Å². The van der Waals surface area contributed by atoms with Crippen LogP contribution in [0.1, 0.15) is 30.3 Å². The van der Waals surface area contributed by atoms with Crippen LogP contribution < -0.4 is 0 Å². The van der Waals surface area contributed by atoms with Gasteiger partial charge in [0.1, 0.15) is 10.8 Å². The SMILES string of the molecule is C[C@H]1CCCN(C(=O)COC(=O)c2csc(-c3ccc(F)cc3)n2)C1. The van der Waals surface area contributed by atoms with E-state index in [9.17, 15) is 14.0 Å². The minimum absolute atomic E-state index is 0.157. The second kappa shape index (κ2) is 7.74. The summed E-state index contributed by atoms with van der Waals surface area (Å²) in [4.78, 5) is 30.2. The first-order chi connectivity index (χ1) is 12.0. The molecular weight excluding hydrogens is 343 g/mol. The van der Waals surface area contributed by atoms with Crippen molar-refractivity contribution < 1.29 is 18.7 Å². The van der Waals surface area contributed by atoms with Crippen LogP contribution >= 0.6 is 11.3 Å². The Morgan fingerprint density at radius 1 is 1.36 bits per heavy atom. The largest absolute Gasteiger partial charge is 0.451 e. The summed E-state index contributed by atoms with van der Waals surface area (Å²) in [7, 11) is 0. The Kier molecular flexibility index (Phi) is 5.43. The van der Waals surface area contributed by atoms with E-state index in [1.54, 1.807) is 22.4 Å². The summed E-state index contributed by atoms with van der Waals surface area (Å²) >= 11 is 1.27. The van der Waals surface area contributed by atoms with Crippen LogP contribution in [0.2, 0.25) is 0 Å². The van der Waals surface area contributed by atoms with E-state index in [4.69, 9.17) is 4.74 Å². The number of thiazole rings is 1. The molecule has 2 aromatic rings. The Balaban J connectivity index is 1.56. The zero-order chi connectivity index (χ0) is 17.8. The molecule has 1 aliphatic rings. The number of hydrogen-bond acceptors (Lipinski definition) is 5. The maximum atomic E-state index is 13.0. The summed E-state index contributed by atoms with van der Waals surface area (Å²) in [6, 6.07) is 5.88. The van der Waals surface area contributed by atoms with E-state index < -0.39 is 5.97 Å². The van der Waals surface area contributed by atoms with Gasteiger partial charge in [0.25, 0.3) is 5.91 Å². The van der Waals surface area contributed by atoms with Gasteiger partial charge in [0.15, 0.2) is 12.3 Å². The molecular formula is C18H19FN2O3S. The number of carbonyl (C=O) groups excluding carboxylic acids is 2. The average molecular weight is 362 g/mol. The Bertz CT molecular complexity index is 760. The van der Waals surface area contributed by atoms with E-state index in [0.717, 1.165) is 18.4 Å². The number of ether oxygens (including phenoxy) is 1. The van der Waals surface area contributed by atoms with Gasteiger partial charge >= 0.3 is 5.97 Å². The number of hydrogen-bond donors (Lipinski definition) is 0. The van der Waals surface area contributed by atoms with Crippen LogP contribution in [-0.4, -0.2) is 41.5 Å². The summed E-state index contributed by atoms with van der Waals surface area (Å²) in [5.74, 6) is -0.646. The standard InChI is InChI=1S/C18H19FN2O3S/c1-12-3-2-8-21(9-12)16(22)10-24-18(23)15-11-25-17(20-15)13-4-6-14(19)7-5-13/h4-7,11-12H,2-3,8-10H2,1H3/t12-/m0/s1. The van der Waals surface area contributed by atoms with Gasteiger partial charge in [-0.1, -0.05) is 6.92 Å². The summed E-state index contributed by atoms with van der Waals surface area (Å²) in [5, 5.41) is 2.18. The molecule has 1 amide bonds. The number of likely N-dealkylation sites (tertiary alicyclic amines) is 1. The van der Waals surface area contributed by atoms with E-state index in [-0.39, 0.29) is 24.0 Å². The van der Waals surface area contributed by atoms with Crippen LogP contribution in [0.25, 0.3) is 10.6 Å². The van der Waals surface area contributed by atoms with Crippen molar-refractivity contribution in [2.45, 2.75) is 19.8 Å². The van der Waals surface area contributed by atoms with Gasteiger partial charge in [0.05, 0.1) is 0 Å². The molecule has 7 heteroatoms. The van der Waals surface area contributed by atoms with E-state index in [1.165, 1.54) is 23.5 Å². The zero-order valence-corrected chi connectivity index (χ0v) is 14.7. The van der Waals surface area contributed by atoms with Crippen LogP contribution in [0.15, 0.2) is 29.6 Å². The molecule has 1 aliphatic heterocycles. The quantitative estimate of drug-likeness (QED) is 0.783. The molecule has 0 N–H and O–H groups in total. The lowest BCUT2D eigenvalue weighted by atomic mass is 10.0. The lowest BCUT2D eigenvalue weighted by molar-refractivity contribution is -0.136. The first-order valence-electron chi connectivity index (χ1n) is 8.19. The molecule has 1 fully saturated rings. The van der Waals surface area contributed by atoms with Crippen LogP contribution in [0.4, 0.5) is 4.39 Å². The highest BCUT2D eigenvalue weighted by atomic mass is 32.1. The van der Waals surface area contributed by atoms with Gasteiger partial charge in [-0.15, -0.1) is 11.3 Å². The maximum absolute atomic E-state index is 13.0. The minimum atomic E-state index is -0.622. The van der Waals surface area contributed by atoms with E-state index in [1.807, 2.05) is 0 Å². The number of rotatable bonds is 4. The first-order valence-corrected chi connectivity index (χ1v) is 9.07. The van der Waals surface area contributed by atoms with Crippen molar-refractivity contribution in [1.82, 2.24) is 9.88 Å². The van der Waals surface area contributed by atoms with Gasteiger partial charge in [0.2, 0.25) is 0 Å². The highest BCUT2D eigenvalue weighted by molar-refractivity contribution is 7.13. The molecule has 1 aromatic heterocycles.